The molecule has 0 N–H and O–H groups in total. The molecule has 8 rings (SSSR count). The standard InChI is InChI=1S/C33H32ClNO/c1-2-35-29-6-4-3-5-27(29)28-16-24(7-12-30(28)35)31(36)13-14-32-17-22-15-23(18-32)20-33(19-22,21-32)25-8-10-26(34)11-9-25/h3-14,16,22-23H,2,15,17-21H2,1H3/b14-13+. The Bertz CT molecular complexity index is 1510. The van der Waals surface area contributed by atoms with Gasteiger partial charge in [0.1, 0.15) is 0 Å². The number of nitrogens with zero attached hydrogens (tertiary/aromatic N) is 1. The van der Waals surface area contributed by atoms with E-state index in [4.69, 9.17) is 11.6 Å². The molecule has 0 amide bonds. The largest absolute Gasteiger partial charge is 0.341 e. The lowest BCUT2D eigenvalue weighted by Crippen LogP contribution is -2.53. The number of rotatable bonds is 5. The Balaban J connectivity index is 1.22. The van der Waals surface area contributed by atoms with Crippen molar-refractivity contribution in [1.82, 2.24) is 4.57 Å². The van der Waals surface area contributed by atoms with Crippen LogP contribution in [0.1, 0.15) is 61.4 Å². The van der Waals surface area contributed by atoms with Crippen LogP contribution in [0.5, 0.6) is 0 Å². The molecule has 36 heavy (non-hydrogen) atoms. The Kier molecular flexibility index (Phi) is 5.02. The highest BCUT2D eigenvalue weighted by atomic mass is 35.5. The molecule has 4 aliphatic carbocycles. The van der Waals surface area contributed by atoms with E-state index in [0.717, 1.165) is 35.4 Å². The van der Waals surface area contributed by atoms with Crippen molar-refractivity contribution >= 4 is 39.2 Å². The van der Waals surface area contributed by atoms with Crippen molar-refractivity contribution < 1.29 is 4.79 Å². The van der Waals surface area contributed by atoms with Crippen LogP contribution in [-0.2, 0) is 12.0 Å². The SMILES string of the molecule is CCn1c2ccccc2c2cc(C(=O)/C=C/C34CC5CC(C3)CC(c3ccc(Cl)cc3)(C5)C4)ccc21. The molecule has 3 heteroatoms. The van der Waals surface area contributed by atoms with E-state index in [9.17, 15) is 4.79 Å². The van der Waals surface area contributed by atoms with E-state index in [1.807, 2.05) is 24.3 Å². The van der Waals surface area contributed by atoms with E-state index in [1.54, 1.807) is 0 Å². The minimum Gasteiger partial charge on any atom is -0.341 e. The Morgan fingerprint density at radius 1 is 0.944 bits per heavy atom. The average molecular weight is 494 g/mol. The molecule has 2 atom stereocenters. The monoisotopic (exact) mass is 493 g/mol. The summed E-state index contributed by atoms with van der Waals surface area (Å²) < 4.78 is 2.33. The number of hydrogen-bond acceptors (Lipinski definition) is 1. The molecule has 2 nitrogen and oxygen atoms in total. The summed E-state index contributed by atoms with van der Waals surface area (Å²) in [4.78, 5) is 13.5. The molecule has 0 saturated heterocycles. The molecule has 4 fully saturated rings. The second kappa shape index (κ2) is 8.08. The van der Waals surface area contributed by atoms with Crippen LogP contribution in [0.2, 0.25) is 5.02 Å². The van der Waals surface area contributed by atoms with Crippen LogP contribution >= 0.6 is 11.6 Å². The normalized spacial score (nSPS) is 29.1. The lowest BCUT2D eigenvalue weighted by molar-refractivity contribution is -0.0455. The van der Waals surface area contributed by atoms with Crippen molar-refractivity contribution in [3.8, 4) is 0 Å². The first-order valence-electron chi connectivity index (χ1n) is 13.5. The lowest BCUT2D eigenvalue weighted by Gasteiger charge is -2.62. The summed E-state index contributed by atoms with van der Waals surface area (Å²) in [6, 6.07) is 23.3. The molecule has 2 unspecified atom stereocenters. The van der Waals surface area contributed by atoms with Crippen LogP contribution in [0.3, 0.4) is 0 Å². The zero-order valence-electron chi connectivity index (χ0n) is 20.8. The summed E-state index contributed by atoms with van der Waals surface area (Å²) in [5, 5.41) is 3.20. The first-order valence-corrected chi connectivity index (χ1v) is 13.9. The maximum absolute atomic E-state index is 13.5. The lowest BCUT2D eigenvalue weighted by atomic mass is 9.43. The Morgan fingerprint density at radius 3 is 2.42 bits per heavy atom. The van der Waals surface area contributed by atoms with Gasteiger partial charge in [0.05, 0.1) is 0 Å². The third-order valence-corrected chi connectivity index (χ3v) is 9.78. The molecule has 3 aromatic carbocycles. The van der Waals surface area contributed by atoms with Gasteiger partial charge in [-0.25, -0.2) is 0 Å². The van der Waals surface area contributed by atoms with Crippen LogP contribution < -0.4 is 0 Å². The number of halogens is 1. The van der Waals surface area contributed by atoms with Crippen LogP contribution in [0, 0.1) is 17.3 Å². The molecule has 182 valence electrons. The number of aryl methyl sites for hydroxylation is 1. The molecule has 0 spiro atoms. The second-order valence-electron chi connectivity index (χ2n) is 11.8. The molecular weight excluding hydrogens is 462 g/mol. The quantitative estimate of drug-likeness (QED) is 0.201. The van der Waals surface area contributed by atoms with Gasteiger partial charge in [-0.05, 0) is 116 Å². The molecule has 4 aliphatic rings. The number of fused-ring (bicyclic) bond motifs is 3. The molecule has 4 saturated carbocycles. The van der Waals surface area contributed by atoms with E-state index in [2.05, 4.69) is 66.1 Å². The van der Waals surface area contributed by atoms with E-state index in [1.165, 1.54) is 59.5 Å². The van der Waals surface area contributed by atoms with Gasteiger partial charge in [0, 0.05) is 38.9 Å². The summed E-state index contributed by atoms with van der Waals surface area (Å²) in [6.07, 6.45) is 11.8. The Labute approximate surface area is 218 Å². The first-order chi connectivity index (χ1) is 17.5. The summed E-state index contributed by atoms with van der Waals surface area (Å²) in [5.41, 5.74) is 5.05. The molecule has 4 aromatic rings. The molecule has 1 heterocycles. The topological polar surface area (TPSA) is 22.0 Å². The predicted molar refractivity (Wildman–Crippen MR) is 149 cm³/mol. The van der Waals surface area contributed by atoms with Crippen molar-refractivity contribution in [1.29, 1.82) is 0 Å². The highest BCUT2D eigenvalue weighted by Gasteiger charge is 2.57. The van der Waals surface area contributed by atoms with Crippen LogP contribution in [0.15, 0.2) is 78.9 Å². The molecule has 4 bridgehead atoms. The van der Waals surface area contributed by atoms with Gasteiger partial charge in [-0.1, -0.05) is 48.0 Å². The molecular formula is C33H32ClNO. The summed E-state index contributed by atoms with van der Waals surface area (Å²) in [6.45, 7) is 3.09. The first kappa shape index (κ1) is 22.4. The van der Waals surface area contributed by atoms with Crippen molar-refractivity contribution in [2.45, 2.75) is 57.4 Å². The Hall–Kier alpha value is -2.84. The molecule has 0 radical (unpaired) electrons. The van der Waals surface area contributed by atoms with E-state index in [-0.39, 0.29) is 16.6 Å². The third kappa shape index (κ3) is 3.41. The van der Waals surface area contributed by atoms with E-state index >= 15 is 0 Å². The number of ketones is 1. The van der Waals surface area contributed by atoms with E-state index < -0.39 is 0 Å². The highest BCUT2D eigenvalue weighted by molar-refractivity contribution is 6.30. The van der Waals surface area contributed by atoms with Gasteiger partial charge in [-0.3, -0.25) is 4.79 Å². The number of carbonyl (C=O) groups is 1. The van der Waals surface area contributed by atoms with E-state index in [0.29, 0.717) is 0 Å². The van der Waals surface area contributed by atoms with Crippen molar-refractivity contribution in [2.75, 3.05) is 0 Å². The van der Waals surface area contributed by atoms with Crippen molar-refractivity contribution in [3.05, 3.63) is 95.0 Å². The zero-order chi connectivity index (χ0) is 24.5. The third-order valence-electron chi connectivity index (χ3n) is 9.52. The minimum absolute atomic E-state index is 0.126. The van der Waals surface area contributed by atoms with Crippen LogP contribution in [0.4, 0.5) is 0 Å². The van der Waals surface area contributed by atoms with Gasteiger partial charge in [0.2, 0.25) is 0 Å². The second-order valence-corrected chi connectivity index (χ2v) is 12.2. The van der Waals surface area contributed by atoms with Gasteiger partial charge in [0.25, 0.3) is 0 Å². The fourth-order valence-corrected chi connectivity index (χ4v) is 8.69. The number of allylic oxidation sites excluding steroid dienone is 2. The number of aromatic nitrogens is 1. The van der Waals surface area contributed by atoms with Crippen LogP contribution in [-0.4, -0.2) is 10.4 Å². The van der Waals surface area contributed by atoms with Gasteiger partial charge in [0.15, 0.2) is 5.78 Å². The Morgan fingerprint density at radius 2 is 1.67 bits per heavy atom. The smallest absolute Gasteiger partial charge is 0.185 e. The maximum atomic E-state index is 13.5. The summed E-state index contributed by atoms with van der Waals surface area (Å²) in [7, 11) is 0. The van der Waals surface area contributed by atoms with Crippen molar-refractivity contribution in [3.63, 3.8) is 0 Å². The number of benzene rings is 3. The zero-order valence-corrected chi connectivity index (χ0v) is 21.6. The fourth-order valence-electron chi connectivity index (χ4n) is 8.57. The van der Waals surface area contributed by atoms with Crippen molar-refractivity contribution in [2.24, 2.45) is 17.3 Å². The maximum Gasteiger partial charge on any atom is 0.185 e. The number of carbonyl (C=O) groups excluding carboxylic acids is 1. The summed E-state index contributed by atoms with van der Waals surface area (Å²) in [5.74, 6) is 1.65. The summed E-state index contributed by atoms with van der Waals surface area (Å²) >= 11 is 6.22. The van der Waals surface area contributed by atoms with Crippen LogP contribution in [0.25, 0.3) is 21.8 Å². The highest BCUT2D eigenvalue weighted by Crippen LogP contribution is 2.66. The number of para-hydroxylation sites is 1. The van der Waals surface area contributed by atoms with Gasteiger partial charge in [-0.15, -0.1) is 0 Å². The number of hydrogen-bond donors (Lipinski definition) is 0. The minimum atomic E-state index is 0.126. The van der Waals surface area contributed by atoms with Gasteiger partial charge < -0.3 is 4.57 Å². The van der Waals surface area contributed by atoms with Gasteiger partial charge >= 0.3 is 0 Å². The average Bonchev–Trinajstić information content (AvgIpc) is 3.20. The molecule has 1 aromatic heterocycles. The predicted octanol–water partition coefficient (Wildman–Crippen LogP) is 8.74. The fraction of sp³-hybridized carbons (Fsp3) is 0.364. The molecule has 0 aliphatic heterocycles. The van der Waals surface area contributed by atoms with Gasteiger partial charge in [-0.2, -0.15) is 0 Å².